The number of hydrogen-bond acceptors (Lipinski definition) is 6. The fourth-order valence-corrected chi connectivity index (χ4v) is 3.43. The third-order valence-electron chi connectivity index (χ3n) is 5.04. The number of nitrogens with two attached hydrogens (primary N) is 1. The van der Waals surface area contributed by atoms with E-state index in [1.165, 1.54) is 0 Å². The maximum absolute atomic E-state index is 12.5. The van der Waals surface area contributed by atoms with Gasteiger partial charge in [-0.05, 0) is 64.3 Å². The number of carbonyl (C=O) groups excluding carboxylic acids is 1. The lowest BCUT2D eigenvalue weighted by Crippen LogP contribution is -2.29. The van der Waals surface area contributed by atoms with Crippen molar-refractivity contribution in [3.63, 3.8) is 0 Å². The van der Waals surface area contributed by atoms with E-state index in [4.69, 9.17) is 10.5 Å². The molecule has 1 aliphatic heterocycles. The smallest absolute Gasteiger partial charge is 0.316 e. The van der Waals surface area contributed by atoms with Gasteiger partial charge in [0.15, 0.2) is 0 Å². The Kier molecular flexibility index (Phi) is 5.98. The molecular formula is C22H30N4O2. The third-order valence-corrected chi connectivity index (χ3v) is 5.04. The van der Waals surface area contributed by atoms with Gasteiger partial charge in [-0.1, -0.05) is 19.1 Å². The molecule has 1 atom stereocenters. The van der Waals surface area contributed by atoms with Gasteiger partial charge in [-0.3, -0.25) is 4.79 Å². The zero-order valence-electron chi connectivity index (χ0n) is 17.2. The molecule has 0 aliphatic carbocycles. The van der Waals surface area contributed by atoms with Crippen molar-refractivity contribution in [2.75, 3.05) is 18.8 Å². The molecule has 1 aliphatic rings. The van der Waals surface area contributed by atoms with Gasteiger partial charge in [0.05, 0.1) is 16.8 Å². The minimum absolute atomic E-state index is 0.247. The molecule has 0 bridgehead atoms. The molecule has 28 heavy (non-hydrogen) atoms. The Morgan fingerprint density at radius 3 is 2.75 bits per heavy atom. The van der Waals surface area contributed by atoms with Crippen LogP contribution in [0.25, 0.3) is 11.3 Å². The number of aryl methyl sites for hydroxylation is 1. The van der Waals surface area contributed by atoms with Crippen molar-refractivity contribution in [1.29, 1.82) is 0 Å². The van der Waals surface area contributed by atoms with E-state index in [0.29, 0.717) is 17.4 Å². The van der Waals surface area contributed by atoms with Gasteiger partial charge in [0.25, 0.3) is 0 Å². The second-order valence-corrected chi connectivity index (χ2v) is 8.36. The second-order valence-electron chi connectivity index (χ2n) is 8.36. The molecule has 0 saturated carbocycles. The Morgan fingerprint density at radius 2 is 2.11 bits per heavy atom. The topological polar surface area (TPSA) is 90.1 Å². The summed E-state index contributed by atoms with van der Waals surface area (Å²) >= 11 is 0. The number of esters is 1. The lowest BCUT2D eigenvalue weighted by atomic mass is 9.93. The minimum atomic E-state index is -0.594. The van der Waals surface area contributed by atoms with Crippen LogP contribution in [0.2, 0.25) is 0 Å². The highest BCUT2D eigenvalue weighted by Crippen LogP contribution is 2.36. The van der Waals surface area contributed by atoms with E-state index >= 15 is 0 Å². The molecule has 1 saturated heterocycles. The molecule has 1 fully saturated rings. The lowest BCUT2D eigenvalue weighted by molar-refractivity contribution is -0.142. The van der Waals surface area contributed by atoms with Crippen LogP contribution in [-0.4, -0.2) is 29.0 Å². The van der Waals surface area contributed by atoms with Crippen molar-refractivity contribution >= 4 is 11.9 Å². The third kappa shape index (κ3) is 4.50. The first-order valence-electron chi connectivity index (χ1n) is 9.99. The number of hydrogen-bond donors (Lipinski definition) is 2. The van der Waals surface area contributed by atoms with Gasteiger partial charge in [0.1, 0.15) is 5.75 Å². The van der Waals surface area contributed by atoms with E-state index < -0.39 is 5.41 Å². The molecule has 1 aromatic carbocycles. The van der Waals surface area contributed by atoms with Gasteiger partial charge < -0.3 is 15.8 Å². The summed E-state index contributed by atoms with van der Waals surface area (Å²) in [4.78, 5) is 21.5. The van der Waals surface area contributed by atoms with Gasteiger partial charge in [-0.15, -0.1) is 0 Å². The first-order chi connectivity index (χ1) is 13.3. The van der Waals surface area contributed by atoms with Crippen molar-refractivity contribution in [3.05, 3.63) is 35.5 Å². The van der Waals surface area contributed by atoms with Crippen LogP contribution >= 0.6 is 0 Å². The number of nitrogen functional groups attached to an aromatic ring is 1. The largest absolute Gasteiger partial charge is 0.425 e. The molecule has 0 spiro atoms. The first kappa shape index (κ1) is 20.3. The van der Waals surface area contributed by atoms with Crippen molar-refractivity contribution in [2.24, 2.45) is 5.41 Å². The fourth-order valence-electron chi connectivity index (χ4n) is 3.43. The standard InChI is InChI=1S/C22H30N4O2/c1-5-14-8-6-10-18(28-20(27)22(2,3)4)19(14)17-12-16(25-21(23)26-17)15-9-7-11-24-13-15/h6,8,10,12,15,24H,5,7,9,11,13H2,1-4H3,(H2,23,25,26). The summed E-state index contributed by atoms with van der Waals surface area (Å²) in [5.41, 5.74) is 9.00. The van der Waals surface area contributed by atoms with Crippen molar-refractivity contribution in [1.82, 2.24) is 15.3 Å². The van der Waals surface area contributed by atoms with Crippen LogP contribution in [-0.2, 0) is 11.2 Å². The molecule has 0 amide bonds. The Bertz CT molecular complexity index is 852. The number of nitrogens with one attached hydrogen (secondary N) is 1. The van der Waals surface area contributed by atoms with Crippen molar-refractivity contribution in [2.45, 2.75) is 52.9 Å². The van der Waals surface area contributed by atoms with Gasteiger partial charge in [-0.25, -0.2) is 9.97 Å². The van der Waals surface area contributed by atoms with Crippen LogP contribution in [0.15, 0.2) is 24.3 Å². The van der Waals surface area contributed by atoms with Gasteiger partial charge in [0.2, 0.25) is 5.95 Å². The number of nitrogens with zero attached hydrogens (tertiary/aromatic N) is 2. The SMILES string of the molecule is CCc1cccc(OC(=O)C(C)(C)C)c1-c1cc(C2CCCNC2)nc(N)n1. The molecule has 6 heteroatoms. The first-order valence-corrected chi connectivity index (χ1v) is 9.99. The Hall–Kier alpha value is -2.47. The van der Waals surface area contributed by atoms with E-state index in [2.05, 4.69) is 22.2 Å². The molecule has 3 rings (SSSR count). The molecule has 150 valence electrons. The van der Waals surface area contributed by atoms with E-state index in [-0.39, 0.29) is 11.9 Å². The number of rotatable bonds is 4. The highest BCUT2D eigenvalue weighted by atomic mass is 16.5. The monoisotopic (exact) mass is 382 g/mol. The van der Waals surface area contributed by atoms with Gasteiger partial charge in [-0.2, -0.15) is 0 Å². The maximum Gasteiger partial charge on any atom is 0.316 e. The maximum atomic E-state index is 12.5. The number of piperidine rings is 1. The molecular weight excluding hydrogens is 352 g/mol. The van der Waals surface area contributed by atoms with E-state index in [9.17, 15) is 4.79 Å². The van der Waals surface area contributed by atoms with Crippen LogP contribution in [0.1, 0.15) is 57.7 Å². The molecule has 2 heterocycles. The molecule has 3 N–H and O–H groups in total. The summed E-state index contributed by atoms with van der Waals surface area (Å²) in [6, 6.07) is 7.75. The van der Waals surface area contributed by atoms with Crippen molar-refractivity contribution in [3.8, 4) is 17.0 Å². The summed E-state index contributed by atoms with van der Waals surface area (Å²) in [6.07, 6.45) is 2.98. The van der Waals surface area contributed by atoms with Crippen LogP contribution in [0.4, 0.5) is 5.95 Å². The van der Waals surface area contributed by atoms with Crippen LogP contribution in [0.5, 0.6) is 5.75 Å². The quantitative estimate of drug-likeness (QED) is 0.619. The zero-order chi connectivity index (χ0) is 20.3. The normalized spacial score (nSPS) is 17.4. The summed E-state index contributed by atoms with van der Waals surface area (Å²) in [5, 5.41) is 3.42. The minimum Gasteiger partial charge on any atom is -0.425 e. The molecule has 1 aromatic heterocycles. The van der Waals surface area contributed by atoms with E-state index in [1.54, 1.807) is 0 Å². The Labute approximate surface area is 166 Å². The highest BCUT2D eigenvalue weighted by Gasteiger charge is 2.26. The predicted octanol–water partition coefficient (Wildman–Crippen LogP) is 3.71. The summed E-state index contributed by atoms with van der Waals surface area (Å²) in [7, 11) is 0. The van der Waals surface area contributed by atoms with Gasteiger partial charge in [0, 0.05) is 18.0 Å². The molecule has 0 radical (unpaired) electrons. The fraction of sp³-hybridized carbons (Fsp3) is 0.500. The number of aromatic nitrogens is 2. The molecule has 1 unspecified atom stereocenters. The average Bonchev–Trinajstić information content (AvgIpc) is 2.67. The van der Waals surface area contributed by atoms with E-state index in [0.717, 1.165) is 49.2 Å². The predicted molar refractivity (Wildman–Crippen MR) is 111 cm³/mol. The van der Waals surface area contributed by atoms with Crippen LogP contribution in [0.3, 0.4) is 0 Å². The number of carbonyl (C=O) groups is 1. The molecule has 6 nitrogen and oxygen atoms in total. The highest BCUT2D eigenvalue weighted by molar-refractivity contribution is 5.82. The summed E-state index contributed by atoms with van der Waals surface area (Å²) in [6.45, 7) is 9.53. The number of ether oxygens (including phenoxy) is 1. The molecule has 2 aromatic rings. The Morgan fingerprint density at radius 1 is 1.32 bits per heavy atom. The summed E-state index contributed by atoms with van der Waals surface area (Å²) < 4.78 is 5.78. The second kappa shape index (κ2) is 8.27. The lowest BCUT2D eigenvalue weighted by Gasteiger charge is -2.23. The number of anilines is 1. The zero-order valence-corrected chi connectivity index (χ0v) is 17.2. The van der Waals surface area contributed by atoms with Crippen molar-refractivity contribution < 1.29 is 9.53 Å². The number of benzene rings is 1. The Balaban J connectivity index is 2.07. The average molecular weight is 383 g/mol. The van der Waals surface area contributed by atoms with Crippen LogP contribution < -0.4 is 15.8 Å². The van der Waals surface area contributed by atoms with Gasteiger partial charge >= 0.3 is 5.97 Å². The van der Waals surface area contributed by atoms with Crippen LogP contribution in [0, 0.1) is 5.41 Å². The summed E-state index contributed by atoms with van der Waals surface area (Å²) in [5.74, 6) is 0.801. The van der Waals surface area contributed by atoms with E-state index in [1.807, 2.05) is 45.0 Å².